The first kappa shape index (κ1) is 16.6. The first-order chi connectivity index (χ1) is 11.6. The molecule has 5 nitrogen and oxygen atoms in total. The molecule has 0 radical (unpaired) electrons. The van der Waals surface area contributed by atoms with Gasteiger partial charge in [0.25, 0.3) is 0 Å². The quantitative estimate of drug-likeness (QED) is 0.460. The van der Waals surface area contributed by atoms with Gasteiger partial charge in [-0.05, 0) is 29.8 Å². The molecule has 0 amide bonds. The van der Waals surface area contributed by atoms with E-state index >= 15 is 0 Å². The van der Waals surface area contributed by atoms with Crippen LogP contribution in [0.25, 0.3) is 10.2 Å². The van der Waals surface area contributed by atoms with E-state index in [-0.39, 0.29) is 6.42 Å². The van der Waals surface area contributed by atoms with Crippen LogP contribution in [0.2, 0.25) is 0 Å². The molecule has 2 aromatic carbocycles. The Hall–Kier alpha value is -2.25. The predicted octanol–water partition coefficient (Wildman–Crippen LogP) is 4.74. The molecule has 7 heteroatoms. The highest BCUT2D eigenvalue weighted by molar-refractivity contribution is 9.10. The SMILES string of the molecule is O=C(O)CC/C(=N/Nc1nc2ccccc2s1)c1ccc(Br)cc1. The van der Waals surface area contributed by atoms with Crippen molar-refractivity contribution in [2.24, 2.45) is 5.10 Å². The van der Waals surface area contributed by atoms with E-state index in [1.807, 2.05) is 48.5 Å². The van der Waals surface area contributed by atoms with Crippen molar-refractivity contribution in [2.75, 3.05) is 5.43 Å². The van der Waals surface area contributed by atoms with Crippen LogP contribution in [-0.2, 0) is 4.79 Å². The number of hydrogen-bond donors (Lipinski definition) is 2. The summed E-state index contributed by atoms with van der Waals surface area (Å²) in [4.78, 5) is 15.4. The highest BCUT2D eigenvalue weighted by atomic mass is 79.9. The number of nitrogens with zero attached hydrogens (tertiary/aromatic N) is 2. The van der Waals surface area contributed by atoms with Crippen LogP contribution in [0, 0.1) is 0 Å². The van der Waals surface area contributed by atoms with Gasteiger partial charge in [-0.25, -0.2) is 4.98 Å². The lowest BCUT2D eigenvalue weighted by Gasteiger charge is -2.06. The minimum atomic E-state index is -0.847. The molecule has 0 aliphatic heterocycles. The number of nitrogens with one attached hydrogen (secondary N) is 1. The molecule has 0 saturated heterocycles. The number of hydrogen-bond acceptors (Lipinski definition) is 5. The van der Waals surface area contributed by atoms with Crippen molar-refractivity contribution in [1.29, 1.82) is 0 Å². The molecule has 0 saturated carbocycles. The first-order valence-electron chi connectivity index (χ1n) is 7.28. The third kappa shape index (κ3) is 4.18. The van der Waals surface area contributed by atoms with Gasteiger partial charge in [0.1, 0.15) is 0 Å². The van der Waals surface area contributed by atoms with Gasteiger partial charge in [0.2, 0.25) is 5.13 Å². The molecule has 0 spiro atoms. The van der Waals surface area contributed by atoms with E-state index in [0.717, 1.165) is 20.3 Å². The summed E-state index contributed by atoms with van der Waals surface area (Å²) < 4.78 is 2.04. The minimum Gasteiger partial charge on any atom is -0.481 e. The maximum Gasteiger partial charge on any atom is 0.303 e. The van der Waals surface area contributed by atoms with E-state index in [0.29, 0.717) is 17.3 Å². The van der Waals surface area contributed by atoms with Crippen molar-refractivity contribution in [1.82, 2.24) is 4.98 Å². The molecule has 122 valence electrons. The molecule has 1 heterocycles. The van der Waals surface area contributed by atoms with E-state index < -0.39 is 5.97 Å². The summed E-state index contributed by atoms with van der Waals surface area (Å²) in [5.74, 6) is -0.847. The molecule has 0 atom stereocenters. The maximum atomic E-state index is 10.9. The zero-order valence-corrected chi connectivity index (χ0v) is 15.0. The number of hydrazone groups is 1. The van der Waals surface area contributed by atoms with Crippen LogP contribution in [-0.4, -0.2) is 21.8 Å². The number of para-hydroxylation sites is 1. The molecular weight excluding hydrogens is 390 g/mol. The van der Waals surface area contributed by atoms with Gasteiger partial charge in [-0.2, -0.15) is 5.10 Å². The van der Waals surface area contributed by atoms with Gasteiger partial charge in [0.05, 0.1) is 22.3 Å². The summed E-state index contributed by atoms with van der Waals surface area (Å²) in [6.45, 7) is 0. The van der Waals surface area contributed by atoms with Crippen LogP contribution in [0.4, 0.5) is 5.13 Å². The second-order valence-corrected chi connectivity index (χ2v) is 7.00. The fourth-order valence-corrected chi connectivity index (χ4v) is 3.24. The highest BCUT2D eigenvalue weighted by Gasteiger charge is 2.08. The number of anilines is 1. The van der Waals surface area contributed by atoms with Gasteiger partial charge in [0, 0.05) is 10.9 Å². The monoisotopic (exact) mass is 403 g/mol. The van der Waals surface area contributed by atoms with Crippen molar-refractivity contribution in [3.8, 4) is 0 Å². The second-order valence-electron chi connectivity index (χ2n) is 5.06. The fourth-order valence-electron chi connectivity index (χ4n) is 2.17. The Bertz CT molecular complexity index is 857. The largest absolute Gasteiger partial charge is 0.481 e. The number of carbonyl (C=O) groups is 1. The number of carboxylic acid groups (broad SMARTS) is 1. The van der Waals surface area contributed by atoms with Crippen LogP contribution >= 0.6 is 27.3 Å². The normalized spacial score (nSPS) is 11.6. The molecule has 0 fully saturated rings. The average molecular weight is 404 g/mol. The Labute approximate surface area is 151 Å². The van der Waals surface area contributed by atoms with E-state index in [4.69, 9.17) is 5.11 Å². The first-order valence-corrected chi connectivity index (χ1v) is 8.88. The van der Waals surface area contributed by atoms with E-state index in [1.54, 1.807) is 0 Å². The van der Waals surface area contributed by atoms with Crippen molar-refractivity contribution >= 4 is 54.3 Å². The third-order valence-electron chi connectivity index (χ3n) is 3.33. The molecule has 1 aromatic heterocycles. The summed E-state index contributed by atoms with van der Waals surface area (Å²) in [7, 11) is 0. The van der Waals surface area contributed by atoms with Crippen molar-refractivity contribution in [3.05, 3.63) is 58.6 Å². The summed E-state index contributed by atoms with van der Waals surface area (Å²) in [5, 5.41) is 14.0. The number of thiazole rings is 1. The Morgan fingerprint density at radius 3 is 2.62 bits per heavy atom. The number of halogens is 1. The smallest absolute Gasteiger partial charge is 0.303 e. The predicted molar refractivity (Wildman–Crippen MR) is 101 cm³/mol. The topological polar surface area (TPSA) is 74.6 Å². The lowest BCUT2D eigenvalue weighted by Crippen LogP contribution is -2.07. The number of aromatic nitrogens is 1. The minimum absolute atomic E-state index is 0.0242. The highest BCUT2D eigenvalue weighted by Crippen LogP contribution is 2.25. The molecule has 24 heavy (non-hydrogen) atoms. The number of fused-ring (bicyclic) bond motifs is 1. The van der Waals surface area contributed by atoms with Gasteiger partial charge in [-0.15, -0.1) is 0 Å². The summed E-state index contributed by atoms with van der Waals surface area (Å²) in [6, 6.07) is 15.5. The fraction of sp³-hybridized carbons (Fsp3) is 0.118. The molecule has 3 aromatic rings. The molecular formula is C17H14BrN3O2S. The number of carboxylic acids is 1. The Morgan fingerprint density at radius 1 is 1.17 bits per heavy atom. The van der Waals surface area contributed by atoms with Gasteiger partial charge in [-0.1, -0.05) is 51.5 Å². The van der Waals surface area contributed by atoms with Gasteiger partial charge < -0.3 is 5.11 Å². The van der Waals surface area contributed by atoms with Crippen LogP contribution < -0.4 is 5.43 Å². The van der Waals surface area contributed by atoms with Crippen LogP contribution in [0.15, 0.2) is 58.1 Å². The average Bonchev–Trinajstić information content (AvgIpc) is 2.98. The Kier molecular flexibility index (Phi) is 5.22. The van der Waals surface area contributed by atoms with Gasteiger partial charge in [0.15, 0.2) is 0 Å². The third-order valence-corrected chi connectivity index (χ3v) is 4.80. The number of rotatable bonds is 6. The number of aliphatic carboxylic acids is 1. The van der Waals surface area contributed by atoms with Crippen LogP contribution in [0.3, 0.4) is 0 Å². The zero-order chi connectivity index (χ0) is 16.9. The molecule has 3 rings (SSSR count). The summed E-state index contributed by atoms with van der Waals surface area (Å²) in [5.41, 5.74) is 5.44. The maximum absolute atomic E-state index is 10.9. The molecule has 2 N–H and O–H groups in total. The van der Waals surface area contributed by atoms with Gasteiger partial charge >= 0.3 is 5.97 Å². The molecule has 0 unspecified atom stereocenters. The van der Waals surface area contributed by atoms with Crippen LogP contribution in [0.1, 0.15) is 18.4 Å². The number of benzene rings is 2. The lowest BCUT2D eigenvalue weighted by molar-refractivity contribution is -0.136. The van der Waals surface area contributed by atoms with Gasteiger partial charge in [-0.3, -0.25) is 10.2 Å². The molecule has 0 aliphatic carbocycles. The van der Waals surface area contributed by atoms with Crippen LogP contribution in [0.5, 0.6) is 0 Å². The van der Waals surface area contributed by atoms with Crippen molar-refractivity contribution in [2.45, 2.75) is 12.8 Å². The van der Waals surface area contributed by atoms with Crippen molar-refractivity contribution < 1.29 is 9.90 Å². The molecule has 0 aliphatic rings. The van der Waals surface area contributed by atoms with E-state index in [9.17, 15) is 4.79 Å². The van der Waals surface area contributed by atoms with E-state index in [2.05, 4.69) is 31.4 Å². The standard InChI is InChI=1S/C17H14BrN3O2S/c18-12-7-5-11(6-8-12)13(9-10-16(22)23)20-21-17-19-14-3-1-2-4-15(14)24-17/h1-8H,9-10H2,(H,19,21)(H,22,23)/b20-13-. The second kappa shape index (κ2) is 7.55. The lowest BCUT2D eigenvalue weighted by atomic mass is 10.1. The summed E-state index contributed by atoms with van der Waals surface area (Å²) >= 11 is 4.90. The Morgan fingerprint density at radius 2 is 1.92 bits per heavy atom. The Balaban J connectivity index is 1.84. The summed E-state index contributed by atoms with van der Waals surface area (Å²) in [6.07, 6.45) is 0.366. The van der Waals surface area contributed by atoms with E-state index in [1.165, 1.54) is 11.3 Å². The molecule has 0 bridgehead atoms. The van der Waals surface area contributed by atoms with Crippen molar-refractivity contribution in [3.63, 3.8) is 0 Å². The zero-order valence-electron chi connectivity index (χ0n) is 12.6.